The van der Waals surface area contributed by atoms with Crippen molar-refractivity contribution in [3.63, 3.8) is 0 Å². The van der Waals surface area contributed by atoms with Crippen LogP contribution in [-0.2, 0) is 0 Å². The first-order valence-electron chi connectivity index (χ1n) is 8.35. The minimum atomic E-state index is -2.68. The van der Waals surface area contributed by atoms with E-state index in [1.165, 1.54) is 11.8 Å². The summed E-state index contributed by atoms with van der Waals surface area (Å²) in [5.41, 5.74) is 2.88. The monoisotopic (exact) mass is 386 g/mol. The molecule has 0 spiro atoms. The van der Waals surface area contributed by atoms with E-state index in [2.05, 4.69) is 15.2 Å². The smallest absolute Gasteiger partial charge is 0.320 e. The Labute approximate surface area is 158 Å². The summed E-state index contributed by atoms with van der Waals surface area (Å²) in [6, 6.07) is 14.6. The lowest BCUT2D eigenvalue weighted by molar-refractivity contribution is 0.0715. The summed E-state index contributed by atoms with van der Waals surface area (Å²) in [6.07, 6.45) is 0. The van der Waals surface area contributed by atoms with Crippen LogP contribution in [-0.4, -0.2) is 19.7 Å². The van der Waals surface area contributed by atoms with Crippen molar-refractivity contribution in [2.75, 3.05) is 0 Å². The lowest BCUT2D eigenvalue weighted by atomic mass is 10.1. The van der Waals surface area contributed by atoms with E-state index in [4.69, 9.17) is 4.42 Å². The largest absolute Gasteiger partial charge is 0.411 e. The van der Waals surface area contributed by atoms with Crippen LogP contribution in [0.1, 0.15) is 30.1 Å². The van der Waals surface area contributed by atoms with Gasteiger partial charge in [0.25, 0.3) is 5.22 Å². The number of nitrogens with zero attached hydrogens (tertiary/aromatic N) is 4. The van der Waals surface area contributed by atoms with Crippen molar-refractivity contribution in [2.45, 2.75) is 30.9 Å². The van der Waals surface area contributed by atoms with Crippen molar-refractivity contribution < 1.29 is 13.2 Å². The Balaban J connectivity index is 1.61. The van der Waals surface area contributed by atoms with Crippen LogP contribution in [0.2, 0.25) is 0 Å². The van der Waals surface area contributed by atoms with E-state index in [1.54, 1.807) is 31.2 Å². The number of para-hydroxylation sites is 2. The van der Waals surface area contributed by atoms with E-state index in [9.17, 15) is 8.78 Å². The average molecular weight is 386 g/mol. The zero-order valence-corrected chi connectivity index (χ0v) is 15.5. The third kappa shape index (κ3) is 3.44. The molecule has 0 radical (unpaired) electrons. The summed E-state index contributed by atoms with van der Waals surface area (Å²) in [6.45, 7) is 1.11. The standard InChI is InChI=1S/C19H16F2N4OS/c1-11-7-9-13(10-8-11)17-23-24-19(26-17)27-12(2)16-22-14-5-3-4-6-15(14)25(16)18(20)21/h3-10,12,18H,1-2H3. The normalized spacial score (nSPS) is 12.8. The third-order valence-corrected chi connectivity index (χ3v) is 5.10. The third-order valence-electron chi connectivity index (χ3n) is 4.16. The molecule has 0 bridgehead atoms. The number of thioether (sulfide) groups is 1. The molecule has 2 heterocycles. The molecule has 1 atom stereocenters. The molecular formula is C19H16F2N4OS. The van der Waals surface area contributed by atoms with Gasteiger partial charge in [0, 0.05) is 5.56 Å². The maximum absolute atomic E-state index is 13.6. The van der Waals surface area contributed by atoms with Gasteiger partial charge in [-0.1, -0.05) is 41.6 Å². The summed E-state index contributed by atoms with van der Waals surface area (Å²) < 4.78 is 33.9. The van der Waals surface area contributed by atoms with Gasteiger partial charge in [-0.15, -0.1) is 10.2 Å². The summed E-state index contributed by atoms with van der Waals surface area (Å²) in [4.78, 5) is 4.38. The Hall–Kier alpha value is -2.74. The molecule has 2 aromatic carbocycles. The highest BCUT2D eigenvalue weighted by Gasteiger charge is 2.24. The van der Waals surface area contributed by atoms with Gasteiger partial charge < -0.3 is 4.42 Å². The number of fused-ring (bicyclic) bond motifs is 1. The molecule has 2 aromatic heterocycles. The number of hydrogen-bond donors (Lipinski definition) is 0. The number of aryl methyl sites for hydroxylation is 1. The molecule has 0 fully saturated rings. The van der Waals surface area contributed by atoms with Gasteiger partial charge in [0.15, 0.2) is 0 Å². The van der Waals surface area contributed by atoms with E-state index >= 15 is 0 Å². The molecule has 0 aliphatic carbocycles. The SMILES string of the molecule is Cc1ccc(-c2nnc(SC(C)c3nc4ccccc4n3C(F)F)o2)cc1. The first-order valence-corrected chi connectivity index (χ1v) is 9.23. The summed E-state index contributed by atoms with van der Waals surface area (Å²) in [7, 11) is 0. The second-order valence-electron chi connectivity index (χ2n) is 6.11. The number of hydrogen-bond acceptors (Lipinski definition) is 5. The fraction of sp³-hybridized carbons (Fsp3) is 0.211. The second kappa shape index (κ2) is 7.11. The maximum atomic E-state index is 13.6. The Kier molecular flexibility index (Phi) is 4.65. The summed E-state index contributed by atoms with van der Waals surface area (Å²) in [5.74, 6) is 0.665. The van der Waals surface area contributed by atoms with E-state index in [0.29, 0.717) is 22.1 Å². The van der Waals surface area contributed by atoms with E-state index in [1.807, 2.05) is 31.2 Å². The van der Waals surface area contributed by atoms with Crippen molar-refractivity contribution in [1.29, 1.82) is 0 Å². The fourth-order valence-electron chi connectivity index (χ4n) is 2.83. The molecule has 5 nitrogen and oxygen atoms in total. The van der Waals surface area contributed by atoms with Crippen molar-refractivity contribution >= 4 is 22.8 Å². The van der Waals surface area contributed by atoms with Crippen molar-refractivity contribution in [3.05, 3.63) is 59.9 Å². The van der Waals surface area contributed by atoms with Gasteiger partial charge in [-0.2, -0.15) is 8.78 Å². The minimum absolute atomic E-state index is 0.270. The van der Waals surface area contributed by atoms with Gasteiger partial charge >= 0.3 is 6.55 Å². The van der Waals surface area contributed by atoms with Crippen LogP contribution in [0.25, 0.3) is 22.5 Å². The van der Waals surface area contributed by atoms with E-state index in [0.717, 1.165) is 15.7 Å². The highest BCUT2D eigenvalue weighted by molar-refractivity contribution is 7.99. The zero-order chi connectivity index (χ0) is 19.0. The molecule has 0 aliphatic rings. The average Bonchev–Trinajstić information content (AvgIpc) is 3.26. The van der Waals surface area contributed by atoms with Crippen LogP contribution in [0, 0.1) is 6.92 Å². The molecule has 8 heteroatoms. The van der Waals surface area contributed by atoms with E-state index in [-0.39, 0.29) is 5.82 Å². The Morgan fingerprint density at radius 2 is 1.78 bits per heavy atom. The van der Waals surface area contributed by atoms with Crippen molar-refractivity contribution in [2.24, 2.45) is 0 Å². The molecule has 0 N–H and O–H groups in total. The number of imidazole rings is 1. The van der Waals surface area contributed by atoms with E-state index < -0.39 is 11.8 Å². The van der Waals surface area contributed by atoms with Crippen LogP contribution in [0.3, 0.4) is 0 Å². The fourth-order valence-corrected chi connectivity index (χ4v) is 3.62. The quantitative estimate of drug-likeness (QED) is 0.415. The van der Waals surface area contributed by atoms with Gasteiger partial charge in [-0.25, -0.2) is 4.98 Å². The molecule has 0 aliphatic heterocycles. The lowest BCUT2D eigenvalue weighted by Crippen LogP contribution is -2.06. The lowest BCUT2D eigenvalue weighted by Gasteiger charge is -2.11. The topological polar surface area (TPSA) is 56.7 Å². The Bertz CT molecular complexity index is 1070. The predicted molar refractivity (Wildman–Crippen MR) is 99.7 cm³/mol. The second-order valence-corrected chi connectivity index (χ2v) is 7.40. The van der Waals surface area contributed by atoms with Gasteiger partial charge in [-0.05, 0) is 38.1 Å². The van der Waals surface area contributed by atoms with Gasteiger partial charge in [0.1, 0.15) is 5.82 Å². The Morgan fingerprint density at radius 1 is 1.04 bits per heavy atom. The van der Waals surface area contributed by atoms with Crippen LogP contribution in [0.15, 0.2) is 58.2 Å². The number of rotatable bonds is 5. The molecule has 4 aromatic rings. The molecule has 27 heavy (non-hydrogen) atoms. The first-order chi connectivity index (χ1) is 13.0. The molecule has 138 valence electrons. The highest BCUT2D eigenvalue weighted by Crippen LogP contribution is 2.37. The van der Waals surface area contributed by atoms with Crippen molar-refractivity contribution in [1.82, 2.24) is 19.7 Å². The van der Waals surface area contributed by atoms with Crippen LogP contribution in [0.5, 0.6) is 0 Å². The number of halogens is 2. The number of aromatic nitrogens is 4. The number of alkyl halides is 2. The van der Waals surface area contributed by atoms with Gasteiger partial charge in [0.2, 0.25) is 5.89 Å². The predicted octanol–water partition coefficient (Wildman–Crippen LogP) is 5.64. The van der Waals surface area contributed by atoms with Crippen LogP contribution < -0.4 is 0 Å². The molecule has 4 rings (SSSR count). The molecule has 0 saturated carbocycles. The Morgan fingerprint density at radius 3 is 2.52 bits per heavy atom. The first kappa shape index (κ1) is 17.7. The maximum Gasteiger partial charge on any atom is 0.320 e. The van der Waals surface area contributed by atoms with Gasteiger partial charge in [0.05, 0.1) is 16.3 Å². The zero-order valence-electron chi connectivity index (χ0n) is 14.6. The molecule has 0 saturated heterocycles. The molecule has 0 amide bonds. The highest BCUT2D eigenvalue weighted by atomic mass is 32.2. The number of benzene rings is 2. The molecular weight excluding hydrogens is 370 g/mol. The molecule has 1 unspecified atom stereocenters. The van der Waals surface area contributed by atoms with Crippen LogP contribution >= 0.6 is 11.8 Å². The summed E-state index contributed by atoms with van der Waals surface area (Å²) >= 11 is 1.21. The summed E-state index contributed by atoms with van der Waals surface area (Å²) in [5, 5.41) is 8.00. The van der Waals surface area contributed by atoms with Crippen LogP contribution in [0.4, 0.5) is 8.78 Å². The van der Waals surface area contributed by atoms with Gasteiger partial charge in [-0.3, -0.25) is 4.57 Å². The van der Waals surface area contributed by atoms with Crippen molar-refractivity contribution in [3.8, 4) is 11.5 Å². The minimum Gasteiger partial charge on any atom is -0.411 e.